The molecule has 1 rings (SSSR count). The number of likely N-dealkylation sites (N-methyl/N-ethyl adjacent to an activating group) is 1. The van der Waals surface area contributed by atoms with E-state index in [1.165, 1.54) is 25.7 Å². The first kappa shape index (κ1) is 18.4. The Hall–Kier alpha value is -0.680. The minimum Gasteiger partial charge on any atom is -0.308 e. The third kappa shape index (κ3) is 6.74. The van der Waals surface area contributed by atoms with Crippen molar-refractivity contribution >= 4 is 21.7 Å². The third-order valence-electron chi connectivity index (χ3n) is 3.58. The zero-order valence-electron chi connectivity index (χ0n) is 13.6. The highest BCUT2D eigenvalue weighted by atomic mass is 79.9. The van der Waals surface area contributed by atoms with Crippen LogP contribution in [0, 0.1) is 0 Å². The van der Waals surface area contributed by atoms with Crippen molar-refractivity contribution in [2.75, 3.05) is 20.6 Å². The molecule has 0 aliphatic heterocycles. The number of aromatic nitrogens is 2. The van der Waals surface area contributed by atoms with Crippen LogP contribution in [0.1, 0.15) is 62.4 Å². The van der Waals surface area contributed by atoms with Gasteiger partial charge in [-0.1, -0.05) is 39.0 Å². The number of rotatable bonds is 11. The van der Waals surface area contributed by atoms with Crippen LogP contribution < -0.4 is 0 Å². The Morgan fingerprint density at radius 1 is 1.24 bits per heavy atom. The van der Waals surface area contributed by atoms with E-state index < -0.39 is 0 Å². The summed E-state index contributed by atoms with van der Waals surface area (Å²) in [6.45, 7) is 3.84. The Morgan fingerprint density at radius 3 is 2.57 bits per heavy atom. The minimum absolute atomic E-state index is 0.202. The fourth-order valence-corrected chi connectivity index (χ4v) is 2.81. The van der Waals surface area contributed by atoms with E-state index in [1.54, 1.807) is 6.20 Å². The molecule has 1 aromatic heterocycles. The van der Waals surface area contributed by atoms with Crippen molar-refractivity contribution in [1.82, 2.24) is 14.7 Å². The molecule has 0 aliphatic carbocycles. The minimum atomic E-state index is 0.202. The van der Waals surface area contributed by atoms with Gasteiger partial charge in [-0.15, -0.1) is 0 Å². The summed E-state index contributed by atoms with van der Waals surface area (Å²) in [5.74, 6) is 0.202. The van der Waals surface area contributed by atoms with Gasteiger partial charge in [0.2, 0.25) is 0 Å². The standard InChI is InChI=1S/C16H28BrN3O/c1-4-5-6-7-8-9-10-15(21)16-14(17)13-18-20(16)12-11-19(2)3/h13H,4-12H2,1-3H3. The van der Waals surface area contributed by atoms with Gasteiger partial charge >= 0.3 is 0 Å². The molecule has 0 radical (unpaired) electrons. The van der Waals surface area contributed by atoms with Gasteiger partial charge in [0, 0.05) is 13.0 Å². The second-order valence-electron chi connectivity index (χ2n) is 5.81. The molecule has 0 aromatic carbocycles. The van der Waals surface area contributed by atoms with Gasteiger partial charge in [-0.05, 0) is 36.4 Å². The number of carbonyl (C=O) groups is 1. The highest BCUT2D eigenvalue weighted by Crippen LogP contribution is 2.19. The topological polar surface area (TPSA) is 38.1 Å². The number of unbranched alkanes of at least 4 members (excludes halogenated alkanes) is 5. The van der Waals surface area contributed by atoms with E-state index in [1.807, 2.05) is 18.8 Å². The molecule has 0 N–H and O–H groups in total. The van der Waals surface area contributed by atoms with Crippen LogP contribution in [-0.4, -0.2) is 41.1 Å². The maximum absolute atomic E-state index is 12.4. The zero-order chi connectivity index (χ0) is 15.7. The lowest BCUT2D eigenvalue weighted by Gasteiger charge is -2.11. The fourth-order valence-electron chi connectivity index (χ4n) is 2.29. The summed E-state index contributed by atoms with van der Waals surface area (Å²) in [4.78, 5) is 14.5. The first-order valence-corrected chi connectivity index (χ1v) is 8.74. The molecule has 1 aromatic rings. The number of hydrogen-bond acceptors (Lipinski definition) is 3. The van der Waals surface area contributed by atoms with Crippen LogP contribution in [0.2, 0.25) is 0 Å². The quantitative estimate of drug-likeness (QED) is 0.441. The predicted molar refractivity (Wildman–Crippen MR) is 90.8 cm³/mol. The monoisotopic (exact) mass is 357 g/mol. The molecule has 0 saturated carbocycles. The molecule has 0 amide bonds. The summed E-state index contributed by atoms with van der Waals surface area (Å²) in [6.07, 6.45) is 9.57. The Bertz CT molecular complexity index is 429. The van der Waals surface area contributed by atoms with Crippen molar-refractivity contribution in [1.29, 1.82) is 0 Å². The van der Waals surface area contributed by atoms with Crippen molar-refractivity contribution in [2.45, 2.75) is 58.4 Å². The van der Waals surface area contributed by atoms with Gasteiger partial charge in [-0.2, -0.15) is 5.10 Å². The molecule has 21 heavy (non-hydrogen) atoms. The van der Waals surface area contributed by atoms with E-state index in [-0.39, 0.29) is 5.78 Å². The average molecular weight is 358 g/mol. The highest BCUT2D eigenvalue weighted by Gasteiger charge is 2.16. The molecule has 120 valence electrons. The maximum Gasteiger partial charge on any atom is 0.182 e. The average Bonchev–Trinajstić information content (AvgIpc) is 2.81. The maximum atomic E-state index is 12.4. The van der Waals surface area contributed by atoms with Gasteiger partial charge in [0.15, 0.2) is 5.78 Å². The molecular formula is C16H28BrN3O. The fraction of sp³-hybridized carbons (Fsp3) is 0.750. The van der Waals surface area contributed by atoms with E-state index in [4.69, 9.17) is 0 Å². The number of carbonyl (C=O) groups excluding carboxylic acids is 1. The summed E-state index contributed by atoms with van der Waals surface area (Å²) in [5, 5.41) is 4.30. The van der Waals surface area contributed by atoms with Gasteiger partial charge in [-0.25, -0.2) is 0 Å². The molecule has 5 heteroatoms. The lowest BCUT2D eigenvalue weighted by atomic mass is 10.1. The Labute approximate surface area is 137 Å². The largest absolute Gasteiger partial charge is 0.308 e. The van der Waals surface area contributed by atoms with Crippen LogP contribution in [0.15, 0.2) is 10.7 Å². The van der Waals surface area contributed by atoms with E-state index in [0.717, 1.165) is 36.1 Å². The second kappa shape index (κ2) is 10.1. The molecule has 0 saturated heterocycles. The van der Waals surface area contributed by atoms with Gasteiger partial charge in [0.1, 0.15) is 5.69 Å². The lowest BCUT2D eigenvalue weighted by Crippen LogP contribution is -2.21. The smallest absolute Gasteiger partial charge is 0.182 e. The van der Waals surface area contributed by atoms with E-state index in [2.05, 4.69) is 32.9 Å². The van der Waals surface area contributed by atoms with Crippen LogP contribution in [-0.2, 0) is 6.54 Å². The summed E-state index contributed by atoms with van der Waals surface area (Å²) in [7, 11) is 4.05. The number of Topliss-reactive ketones (excluding diaryl/α,β-unsaturated/α-hetero) is 1. The molecule has 0 fully saturated rings. The first-order chi connectivity index (χ1) is 10.1. The van der Waals surface area contributed by atoms with E-state index >= 15 is 0 Å². The highest BCUT2D eigenvalue weighted by molar-refractivity contribution is 9.10. The Balaban J connectivity index is 2.44. The molecule has 0 atom stereocenters. The summed E-state index contributed by atoms with van der Waals surface area (Å²) in [6, 6.07) is 0. The molecule has 0 unspecified atom stereocenters. The van der Waals surface area contributed by atoms with Crippen LogP contribution in [0.5, 0.6) is 0 Å². The molecular weight excluding hydrogens is 330 g/mol. The van der Waals surface area contributed by atoms with Crippen molar-refractivity contribution in [3.05, 3.63) is 16.4 Å². The van der Waals surface area contributed by atoms with Crippen LogP contribution in [0.3, 0.4) is 0 Å². The molecule has 0 aliphatic rings. The lowest BCUT2D eigenvalue weighted by molar-refractivity contribution is 0.0967. The van der Waals surface area contributed by atoms with Crippen molar-refractivity contribution in [3.8, 4) is 0 Å². The number of nitrogens with zero attached hydrogens (tertiary/aromatic N) is 3. The van der Waals surface area contributed by atoms with Gasteiger partial charge in [0.25, 0.3) is 0 Å². The van der Waals surface area contributed by atoms with Crippen molar-refractivity contribution in [2.24, 2.45) is 0 Å². The zero-order valence-corrected chi connectivity index (χ0v) is 15.2. The normalized spacial score (nSPS) is 11.3. The molecule has 0 spiro atoms. The third-order valence-corrected chi connectivity index (χ3v) is 4.16. The number of halogens is 1. The molecule has 0 bridgehead atoms. The Morgan fingerprint density at radius 2 is 1.90 bits per heavy atom. The van der Waals surface area contributed by atoms with Crippen LogP contribution in [0.25, 0.3) is 0 Å². The summed E-state index contributed by atoms with van der Waals surface area (Å²) < 4.78 is 2.64. The van der Waals surface area contributed by atoms with Gasteiger partial charge in [0.05, 0.1) is 17.2 Å². The summed E-state index contributed by atoms with van der Waals surface area (Å²) >= 11 is 3.45. The van der Waals surface area contributed by atoms with Crippen LogP contribution in [0.4, 0.5) is 0 Å². The van der Waals surface area contributed by atoms with Gasteiger partial charge < -0.3 is 4.90 Å². The van der Waals surface area contributed by atoms with Crippen LogP contribution >= 0.6 is 15.9 Å². The molecule has 4 nitrogen and oxygen atoms in total. The Kier molecular flexibility index (Phi) is 8.85. The van der Waals surface area contributed by atoms with E-state index in [9.17, 15) is 4.79 Å². The number of hydrogen-bond donors (Lipinski definition) is 0. The second-order valence-corrected chi connectivity index (χ2v) is 6.66. The van der Waals surface area contributed by atoms with E-state index in [0.29, 0.717) is 6.42 Å². The van der Waals surface area contributed by atoms with Crippen molar-refractivity contribution < 1.29 is 4.79 Å². The van der Waals surface area contributed by atoms with Crippen molar-refractivity contribution in [3.63, 3.8) is 0 Å². The number of ketones is 1. The predicted octanol–water partition coefficient (Wildman–Crippen LogP) is 4.14. The van der Waals surface area contributed by atoms with Gasteiger partial charge in [-0.3, -0.25) is 9.48 Å². The first-order valence-electron chi connectivity index (χ1n) is 7.95. The summed E-state index contributed by atoms with van der Waals surface area (Å²) in [5.41, 5.74) is 0.727. The SMILES string of the molecule is CCCCCCCCC(=O)c1c(Br)cnn1CCN(C)C. The molecule has 1 heterocycles.